The van der Waals surface area contributed by atoms with Gasteiger partial charge in [0.05, 0.1) is 0 Å². The van der Waals surface area contributed by atoms with Crippen LogP contribution in [-0.4, -0.2) is 31.2 Å². The Morgan fingerprint density at radius 1 is 1.19 bits per heavy atom. The van der Waals surface area contributed by atoms with Crippen molar-refractivity contribution in [2.75, 3.05) is 26.3 Å². The third kappa shape index (κ3) is 3.32. The molecule has 1 heterocycles. The van der Waals surface area contributed by atoms with Crippen molar-refractivity contribution in [2.24, 2.45) is 0 Å². The largest absolute Gasteiger partial charge is 0.304 e. The molecular weight excluding hydrogens is 196 g/mol. The average Bonchev–Trinajstić information content (AvgIpc) is 2.83. The Balaban J connectivity index is 1.69. The van der Waals surface area contributed by atoms with Crippen LogP contribution in [-0.2, 0) is 0 Å². The van der Waals surface area contributed by atoms with E-state index in [0.29, 0.717) is 5.92 Å². The minimum atomic E-state index is 0.601. The van der Waals surface area contributed by atoms with Gasteiger partial charge in [0.15, 0.2) is 0 Å². The second kappa shape index (κ2) is 6.02. The Hall–Kier alpha value is -0.860. The van der Waals surface area contributed by atoms with Crippen LogP contribution in [0.2, 0.25) is 0 Å². The molecule has 2 rings (SSSR count). The number of rotatable bonds is 5. The number of nitrogens with zero attached hydrogens (tertiary/aromatic N) is 1. The first kappa shape index (κ1) is 11.6. The van der Waals surface area contributed by atoms with E-state index in [1.54, 1.807) is 0 Å². The molecular formula is C14H22N2. The molecule has 0 saturated carbocycles. The molecule has 16 heavy (non-hydrogen) atoms. The van der Waals surface area contributed by atoms with E-state index in [1.807, 2.05) is 0 Å². The lowest BCUT2D eigenvalue weighted by atomic mass is 10.0. The van der Waals surface area contributed by atoms with Gasteiger partial charge in [-0.25, -0.2) is 0 Å². The maximum atomic E-state index is 3.55. The third-order valence-electron chi connectivity index (χ3n) is 3.35. The monoisotopic (exact) mass is 218 g/mol. The summed E-state index contributed by atoms with van der Waals surface area (Å²) < 4.78 is 0. The molecule has 1 aliphatic heterocycles. The highest BCUT2D eigenvalue weighted by Gasteiger charge is 2.11. The molecule has 1 aromatic carbocycles. The number of hydrogen-bond acceptors (Lipinski definition) is 2. The van der Waals surface area contributed by atoms with Gasteiger partial charge in [-0.05, 0) is 37.4 Å². The summed E-state index contributed by atoms with van der Waals surface area (Å²) >= 11 is 0. The van der Waals surface area contributed by atoms with E-state index in [-0.39, 0.29) is 0 Å². The number of nitrogens with one attached hydrogen (secondary N) is 1. The van der Waals surface area contributed by atoms with Gasteiger partial charge in [0.2, 0.25) is 0 Å². The number of hydrogen-bond donors (Lipinski definition) is 1. The topological polar surface area (TPSA) is 15.3 Å². The van der Waals surface area contributed by atoms with E-state index in [9.17, 15) is 0 Å². The standard InChI is InChI=1S/C14H22N2/c1-13(14-7-3-2-4-8-14)11-15-12-16-9-5-6-10-16/h2-4,7-8,13,15H,5-6,9-12H2,1H3. The van der Waals surface area contributed by atoms with E-state index in [4.69, 9.17) is 0 Å². The predicted molar refractivity (Wildman–Crippen MR) is 68.5 cm³/mol. The van der Waals surface area contributed by atoms with Crippen LogP contribution in [0, 0.1) is 0 Å². The van der Waals surface area contributed by atoms with E-state index in [2.05, 4.69) is 47.5 Å². The van der Waals surface area contributed by atoms with Crippen LogP contribution >= 0.6 is 0 Å². The molecule has 2 nitrogen and oxygen atoms in total. The second-order valence-electron chi connectivity index (χ2n) is 4.75. The molecule has 1 fully saturated rings. The lowest BCUT2D eigenvalue weighted by Gasteiger charge is -2.18. The summed E-state index contributed by atoms with van der Waals surface area (Å²) in [5, 5.41) is 3.55. The quantitative estimate of drug-likeness (QED) is 0.816. The van der Waals surface area contributed by atoms with Crippen molar-refractivity contribution < 1.29 is 0 Å². The summed E-state index contributed by atoms with van der Waals surface area (Å²) in [6.45, 7) is 6.95. The predicted octanol–water partition coefficient (Wildman–Crippen LogP) is 2.43. The second-order valence-corrected chi connectivity index (χ2v) is 4.75. The van der Waals surface area contributed by atoms with Crippen molar-refractivity contribution in [3.63, 3.8) is 0 Å². The molecule has 0 aliphatic carbocycles. The minimum absolute atomic E-state index is 0.601. The van der Waals surface area contributed by atoms with E-state index < -0.39 is 0 Å². The Kier molecular flexibility index (Phi) is 4.37. The zero-order valence-electron chi connectivity index (χ0n) is 10.2. The molecule has 1 unspecified atom stereocenters. The smallest absolute Gasteiger partial charge is 0.0480 e. The van der Waals surface area contributed by atoms with Crippen LogP contribution in [0.4, 0.5) is 0 Å². The van der Waals surface area contributed by atoms with Crippen molar-refractivity contribution >= 4 is 0 Å². The molecule has 0 radical (unpaired) electrons. The van der Waals surface area contributed by atoms with E-state index in [0.717, 1.165) is 13.2 Å². The highest BCUT2D eigenvalue weighted by atomic mass is 15.2. The first-order chi connectivity index (χ1) is 7.86. The van der Waals surface area contributed by atoms with Crippen molar-refractivity contribution in [1.29, 1.82) is 0 Å². The number of benzene rings is 1. The Labute approximate surface area is 98.7 Å². The Morgan fingerprint density at radius 2 is 1.88 bits per heavy atom. The molecule has 1 aliphatic rings. The van der Waals surface area contributed by atoms with Crippen LogP contribution < -0.4 is 5.32 Å². The summed E-state index contributed by atoms with van der Waals surface area (Å²) in [5.74, 6) is 0.601. The molecule has 88 valence electrons. The summed E-state index contributed by atoms with van der Waals surface area (Å²) in [6, 6.07) is 10.7. The van der Waals surface area contributed by atoms with E-state index >= 15 is 0 Å². The highest BCUT2D eigenvalue weighted by Crippen LogP contribution is 2.13. The minimum Gasteiger partial charge on any atom is -0.304 e. The van der Waals surface area contributed by atoms with Crippen LogP contribution in [0.25, 0.3) is 0 Å². The lowest BCUT2D eigenvalue weighted by molar-refractivity contribution is 0.307. The van der Waals surface area contributed by atoms with Crippen molar-refractivity contribution in [3.8, 4) is 0 Å². The van der Waals surface area contributed by atoms with Gasteiger partial charge in [0, 0.05) is 13.2 Å². The van der Waals surface area contributed by atoms with E-state index in [1.165, 1.54) is 31.5 Å². The summed E-state index contributed by atoms with van der Waals surface area (Å²) in [7, 11) is 0. The normalized spacial score (nSPS) is 18.8. The summed E-state index contributed by atoms with van der Waals surface area (Å²) in [6.07, 6.45) is 2.74. The highest BCUT2D eigenvalue weighted by molar-refractivity contribution is 5.18. The average molecular weight is 218 g/mol. The first-order valence-electron chi connectivity index (χ1n) is 6.34. The molecule has 2 heteroatoms. The molecule has 1 N–H and O–H groups in total. The Bertz CT molecular complexity index is 291. The third-order valence-corrected chi connectivity index (χ3v) is 3.35. The van der Waals surface area contributed by atoms with Gasteiger partial charge in [-0.1, -0.05) is 37.3 Å². The molecule has 1 aromatic rings. The van der Waals surface area contributed by atoms with Gasteiger partial charge in [-0.15, -0.1) is 0 Å². The van der Waals surface area contributed by atoms with Gasteiger partial charge in [0.1, 0.15) is 0 Å². The van der Waals surface area contributed by atoms with Crippen LogP contribution in [0.3, 0.4) is 0 Å². The SMILES string of the molecule is CC(CNCN1CCCC1)c1ccccc1. The maximum Gasteiger partial charge on any atom is 0.0480 e. The van der Waals surface area contributed by atoms with Crippen LogP contribution in [0.1, 0.15) is 31.2 Å². The van der Waals surface area contributed by atoms with Gasteiger partial charge < -0.3 is 5.32 Å². The maximum absolute atomic E-state index is 3.55. The van der Waals surface area contributed by atoms with Gasteiger partial charge in [0.25, 0.3) is 0 Å². The first-order valence-corrected chi connectivity index (χ1v) is 6.34. The van der Waals surface area contributed by atoms with Crippen molar-refractivity contribution in [2.45, 2.75) is 25.7 Å². The molecule has 0 spiro atoms. The molecule has 0 amide bonds. The summed E-state index contributed by atoms with van der Waals surface area (Å²) in [4.78, 5) is 2.50. The lowest BCUT2D eigenvalue weighted by Crippen LogP contribution is -2.33. The fourth-order valence-electron chi connectivity index (χ4n) is 2.28. The van der Waals surface area contributed by atoms with Gasteiger partial charge in [-0.2, -0.15) is 0 Å². The molecule has 1 atom stereocenters. The fourth-order valence-corrected chi connectivity index (χ4v) is 2.28. The van der Waals surface area contributed by atoms with Crippen LogP contribution in [0.15, 0.2) is 30.3 Å². The molecule has 0 bridgehead atoms. The summed E-state index contributed by atoms with van der Waals surface area (Å²) in [5.41, 5.74) is 1.43. The van der Waals surface area contributed by atoms with Gasteiger partial charge >= 0.3 is 0 Å². The van der Waals surface area contributed by atoms with Crippen LogP contribution in [0.5, 0.6) is 0 Å². The van der Waals surface area contributed by atoms with Crippen molar-refractivity contribution in [1.82, 2.24) is 10.2 Å². The van der Waals surface area contributed by atoms with Crippen molar-refractivity contribution in [3.05, 3.63) is 35.9 Å². The zero-order chi connectivity index (χ0) is 11.2. The van der Waals surface area contributed by atoms with Gasteiger partial charge in [-0.3, -0.25) is 4.90 Å². The molecule has 1 saturated heterocycles. The fraction of sp³-hybridized carbons (Fsp3) is 0.571. The number of likely N-dealkylation sites (tertiary alicyclic amines) is 1. The zero-order valence-corrected chi connectivity index (χ0v) is 10.2. The Morgan fingerprint density at radius 3 is 2.56 bits per heavy atom. The molecule has 0 aromatic heterocycles.